The Morgan fingerprint density at radius 1 is 1.17 bits per heavy atom. The summed E-state index contributed by atoms with van der Waals surface area (Å²) in [4.78, 5) is 0. The highest BCUT2D eigenvalue weighted by molar-refractivity contribution is 6.00. The summed E-state index contributed by atoms with van der Waals surface area (Å²) in [5, 5.41) is 20.5. The topological polar surface area (TPSA) is 71.3 Å². The van der Waals surface area contributed by atoms with Crippen LogP contribution in [0.25, 0.3) is 0 Å². The van der Waals surface area contributed by atoms with E-state index in [0.29, 0.717) is 32.0 Å². The largest absolute Gasteiger partial charge is 0.491 e. The molecule has 5 nitrogen and oxygen atoms in total. The molecule has 0 aromatic heterocycles. The van der Waals surface area contributed by atoms with Crippen molar-refractivity contribution in [1.82, 2.24) is 0 Å². The van der Waals surface area contributed by atoms with Crippen LogP contribution in [-0.4, -0.2) is 42.5 Å². The van der Waals surface area contributed by atoms with Crippen molar-refractivity contribution in [2.45, 2.75) is 13.3 Å². The van der Waals surface area contributed by atoms with Gasteiger partial charge in [-0.3, -0.25) is 0 Å². The lowest BCUT2D eigenvalue weighted by Crippen LogP contribution is -2.09. The summed E-state index contributed by atoms with van der Waals surface area (Å²) in [5.41, 5.74) is 1.52. The first-order chi connectivity index (χ1) is 8.81. The SMILES string of the molecule is CC/C(=N/O)c1ccc(OCCOCCO)cc1. The third kappa shape index (κ3) is 4.73. The van der Waals surface area contributed by atoms with Crippen molar-refractivity contribution in [1.29, 1.82) is 0 Å². The van der Waals surface area contributed by atoms with Crippen LogP contribution in [0.2, 0.25) is 0 Å². The van der Waals surface area contributed by atoms with E-state index in [2.05, 4.69) is 5.16 Å². The minimum atomic E-state index is 0.0228. The number of ether oxygens (including phenoxy) is 2. The van der Waals surface area contributed by atoms with Crippen LogP contribution in [0, 0.1) is 0 Å². The van der Waals surface area contributed by atoms with E-state index in [9.17, 15) is 0 Å². The van der Waals surface area contributed by atoms with E-state index >= 15 is 0 Å². The lowest BCUT2D eigenvalue weighted by Gasteiger charge is -2.07. The molecule has 1 aromatic carbocycles. The molecule has 0 atom stereocenters. The predicted molar refractivity (Wildman–Crippen MR) is 68.5 cm³/mol. The summed E-state index contributed by atoms with van der Waals surface area (Å²) >= 11 is 0. The second-order valence-electron chi connectivity index (χ2n) is 3.61. The highest BCUT2D eigenvalue weighted by Gasteiger charge is 2.02. The van der Waals surface area contributed by atoms with Gasteiger partial charge in [-0.25, -0.2) is 0 Å². The quantitative estimate of drug-likeness (QED) is 0.320. The number of nitrogens with zero attached hydrogens (tertiary/aromatic N) is 1. The van der Waals surface area contributed by atoms with Crippen molar-refractivity contribution >= 4 is 5.71 Å². The molecule has 100 valence electrons. The standard InChI is InChI=1S/C13H19NO4/c1-2-13(14-16)11-3-5-12(6-4-11)18-10-9-17-8-7-15/h3-6,15-16H,2,7-10H2,1H3/b14-13-. The summed E-state index contributed by atoms with van der Waals surface area (Å²) in [5.74, 6) is 0.736. The fourth-order valence-corrected chi connectivity index (χ4v) is 1.46. The first kappa shape index (κ1) is 14.5. The minimum Gasteiger partial charge on any atom is -0.491 e. The molecule has 1 rings (SSSR count). The van der Waals surface area contributed by atoms with Gasteiger partial charge in [-0.15, -0.1) is 0 Å². The van der Waals surface area contributed by atoms with E-state index in [1.807, 2.05) is 31.2 Å². The average molecular weight is 253 g/mol. The van der Waals surface area contributed by atoms with Crippen molar-refractivity contribution in [3.05, 3.63) is 29.8 Å². The van der Waals surface area contributed by atoms with Crippen LogP contribution >= 0.6 is 0 Å². The summed E-state index contributed by atoms with van der Waals surface area (Å²) in [6.45, 7) is 3.16. The molecule has 0 saturated carbocycles. The zero-order valence-electron chi connectivity index (χ0n) is 10.5. The predicted octanol–water partition coefficient (Wildman–Crippen LogP) is 1.66. The molecule has 0 aliphatic heterocycles. The maximum absolute atomic E-state index is 8.79. The highest BCUT2D eigenvalue weighted by Crippen LogP contribution is 2.13. The molecule has 0 saturated heterocycles. The van der Waals surface area contributed by atoms with Crippen molar-refractivity contribution in [3.63, 3.8) is 0 Å². The van der Waals surface area contributed by atoms with E-state index in [1.54, 1.807) is 0 Å². The van der Waals surface area contributed by atoms with Gasteiger partial charge in [0.05, 0.1) is 25.5 Å². The Labute approximate surface area is 107 Å². The number of aliphatic hydroxyl groups excluding tert-OH is 1. The van der Waals surface area contributed by atoms with Crippen molar-refractivity contribution < 1.29 is 19.8 Å². The normalized spacial score (nSPS) is 11.6. The van der Waals surface area contributed by atoms with Crippen LogP contribution in [0.4, 0.5) is 0 Å². The van der Waals surface area contributed by atoms with E-state index in [1.165, 1.54) is 0 Å². The third-order valence-corrected chi connectivity index (χ3v) is 2.38. The van der Waals surface area contributed by atoms with E-state index in [4.69, 9.17) is 19.8 Å². The van der Waals surface area contributed by atoms with Crippen LogP contribution in [0.15, 0.2) is 29.4 Å². The molecule has 0 aliphatic rings. The average Bonchev–Trinajstić information content (AvgIpc) is 2.41. The van der Waals surface area contributed by atoms with Crippen molar-refractivity contribution in [3.8, 4) is 5.75 Å². The van der Waals surface area contributed by atoms with Crippen LogP contribution in [-0.2, 0) is 4.74 Å². The van der Waals surface area contributed by atoms with Gasteiger partial charge in [0.1, 0.15) is 12.4 Å². The second-order valence-corrected chi connectivity index (χ2v) is 3.61. The number of hydrogen-bond donors (Lipinski definition) is 2. The van der Waals surface area contributed by atoms with Crippen molar-refractivity contribution in [2.24, 2.45) is 5.16 Å². The molecule has 0 fully saturated rings. The molecular weight excluding hydrogens is 234 g/mol. The number of oxime groups is 1. The lowest BCUT2D eigenvalue weighted by molar-refractivity contribution is 0.0705. The van der Waals surface area contributed by atoms with Gasteiger partial charge in [-0.1, -0.05) is 12.1 Å². The first-order valence-corrected chi connectivity index (χ1v) is 5.94. The summed E-state index contributed by atoms with van der Waals surface area (Å²) in [7, 11) is 0. The Balaban J connectivity index is 2.41. The van der Waals surface area contributed by atoms with Gasteiger partial charge in [0.15, 0.2) is 0 Å². The number of rotatable bonds is 8. The fraction of sp³-hybridized carbons (Fsp3) is 0.462. The Bertz CT molecular complexity index is 362. The molecule has 1 aromatic rings. The Kier molecular flexibility index (Phi) is 6.83. The van der Waals surface area contributed by atoms with Gasteiger partial charge in [0, 0.05) is 0 Å². The fourth-order valence-electron chi connectivity index (χ4n) is 1.46. The van der Waals surface area contributed by atoms with E-state index in [-0.39, 0.29) is 6.61 Å². The monoisotopic (exact) mass is 253 g/mol. The molecular formula is C13H19NO4. The number of benzene rings is 1. The summed E-state index contributed by atoms with van der Waals surface area (Å²) in [6, 6.07) is 7.34. The van der Waals surface area contributed by atoms with Gasteiger partial charge in [0.25, 0.3) is 0 Å². The maximum Gasteiger partial charge on any atom is 0.119 e. The zero-order chi connectivity index (χ0) is 13.2. The molecule has 0 aliphatic carbocycles. The molecule has 0 bridgehead atoms. The molecule has 2 N–H and O–H groups in total. The highest BCUT2D eigenvalue weighted by atomic mass is 16.5. The number of aliphatic hydroxyl groups is 1. The lowest BCUT2D eigenvalue weighted by atomic mass is 10.1. The molecule has 18 heavy (non-hydrogen) atoms. The summed E-state index contributed by atoms with van der Waals surface area (Å²) < 4.78 is 10.5. The van der Waals surface area contributed by atoms with Crippen LogP contribution in [0.1, 0.15) is 18.9 Å². The van der Waals surface area contributed by atoms with Crippen molar-refractivity contribution in [2.75, 3.05) is 26.4 Å². The van der Waals surface area contributed by atoms with Gasteiger partial charge >= 0.3 is 0 Å². The molecule has 0 amide bonds. The third-order valence-electron chi connectivity index (χ3n) is 2.38. The van der Waals surface area contributed by atoms with Gasteiger partial charge in [0.2, 0.25) is 0 Å². The van der Waals surface area contributed by atoms with Crippen LogP contribution in [0.3, 0.4) is 0 Å². The van der Waals surface area contributed by atoms with Crippen LogP contribution in [0.5, 0.6) is 5.75 Å². The van der Waals surface area contributed by atoms with Gasteiger partial charge in [-0.05, 0) is 36.2 Å². The molecule has 5 heteroatoms. The molecule has 0 unspecified atom stereocenters. The first-order valence-electron chi connectivity index (χ1n) is 5.94. The van der Waals surface area contributed by atoms with Gasteiger partial charge in [-0.2, -0.15) is 0 Å². The van der Waals surface area contributed by atoms with E-state index < -0.39 is 0 Å². The van der Waals surface area contributed by atoms with E-state index in [0.717, 1.165) is 11.3 Å². The Hall–Kier alpha value is -1.59. The molecule has 0 heterocycles. The zero-order valence-corrected chi connectivity index (χ0v) is 10.5. The Morgan fingerprint density at radius 3 is 2.44 bits per heavy atom. The molecule has 0 radical (unpaired) electrons. The molecule has 0 spiro atoms. The number of hydrogen-bond acceptors (Lipinski definition) is 5. The maximum atomic E-state index is 8.79. The van der Waals surface area contributed by atoms with Crippen LogP contribution < -0.4 is 4.74 Å². The minimum absolute atomic E-state index is 0.0228. The second kappa shape index (κ2) is 8.49. The van der Waals surface area contributed by atoms with Gasteiger partial charge < -0.3 is 19.8 Å². The Morgan fingerprint density at radius 2 is 1.89 bits per heavy atom. The summed E-state index contributed by atoms with van der Waals surface area (Å²) in [6.07, 6.45) is 0.672. The smallest absolute Gasteiger partial charge is 0.119 e.